The largest absolute Gasteiger partial charge is 0.318 e. The maximum atomic E-state index is 3.60. The van der Waals surface area contributed by atoms with Crippen molar-refractivity contribution in [3.8, 4) is 0 Å². The Morgan fingerprint density at radius 3 is 2.00 bits per heavy atom. The van der Waals surface area contributed by atoms with Crippen LogP contribution in [-0.2, 0) is 0 Å². The van der Waals surface area contributed by atoms with Crippen LogP contribution in [-0.4, -0.2) is 26.7 Å². The molecule has 2 nitrogen and oxygen atoms in total. The first-order valence-corrected chi connectivity index (χ1v) is 7.65. The van der Waals surface area contributed by atoms with Gasteiger partial charge in [0.15, 0.2) is 0 Å². The van der Waals surface area contributed by atoms with Crippen LogP contribution in [0.4, 0.5) is 0 Å². The van der Waals surface area contributed by atoms with Crippen LogP contribution in [0, 0.1) is 23.2 Å². The van der Waals surface area contributed by atoms with Gasteiger partial charge in [0.05, 0.1) is 0 Å². The highest BCUT2D eigenvalue weighted by Gasteiger charge is 2.50. The third-order valence-corrected chi connectivity index (χ3v) is 5.55. The van der Waals surface area contributed by atoms with E-state index < -0.39 is 0 Å². The van der Waals surface area contributed by atoms with Crippen molar-refractivity contribution in [1.29, 1.82) is 0 Å². The van der Waals surface area contributed by atoms with Crippen molar-refractivity contribution in [2.45, 2.75) is 44.9 Å². The summed E-state index contributed by atoms with van der Waals surface area (Å²) < 4.78 is 0. The zero-order valence-electron chi connectivity index (χ0n) is 11.3. The molecule has 0 amide bonds. The first-order chi connectivity index (χ1) is 8.30. The van der Waals surface area contributed by atoms with Gasteiger partial charge in [-0.2, -0.15) is 0 Å². The number of hydrogen-bond donors (Lipinski definition) is 2. The lowest BCUT2D eigenvalue weighted by molar-refractivity contribution is -0.0567. The third kappa shape index (κ3) is 2.53. The van der Waals surface area contributed by atoms with Gasteiger partial charge in [-0.05, 0) is 81.7 Å². The summed E-state index contributed by atoms with van der Waals surface area (Å²) in [7, 11) is 2.03. The van der Waals surface area contributed by atoms with E-state index in [1.165, 1.54) is 13.0 Å². The minimum Gasteiger partial charge on any atom is -0.318 e. The summed E-state index contributed by atoms with van der Waals surface area (Å²) >= 11 is 0. The summed E-state index contributed by atoms with van der Waals surface area (Å²) in [4.78, 5) is 0. The highest BCUT2D eigenvalue weighted by Crippen LogP contribution is 2.61. The predicted octanol–water partition coefficient (Wildman–Crippen LogP) is 2.40. The van der Waals surface area contributed by atoms with Crippen LogP contribution in [0.25, 0.3) is 0 Å². The molecule has 0 spiro atoms. The molecule has 0 aliphatic heterocycles. The van der Waals surface area contributed by atoms with Gasteiger partial charge in [0.25, 0.3) is 0 Å². The van der Waals surface area contributed by atoms with Crippen LogP contribution in [0.3, 0.4) is 0 Å². The standard InChI is InChI=1S/C15H28N2/c1-16-4-5-17-3-2-15-9-12-6-13(10-15)8-14(7-12)11-15/h12-14,16-17H,2-11H2,1H3. The summed E-state index contributed by atoms with van der Waals surface area (Å²) in [6, 6.07) is 0. The Kier molecular flexibility index (Phi) is 3.45. The van der Waals surface area contributed by atoms with Gasteiger partial charge < -0.3 is 10.6 Å². The van der Waals surface area contributed by atoms with E-state index in [0.29, 0.717) is 0 Å². The van der Waals surface area contributed by atoms with Gasteiger partial charge in [-0.15, -0.1) is 0 Å². The SMILES string of the molecule is CNCCNCCC12CC3CC(CC(C3)C1)C2. The van der Waals surface area contributed by atoms with Crippen molar-refractivity contribution >= 4 is 0 Å². The van der Waals surface area contributed by atoms with Gasteiger partial charge in [-0.25, -0.2) is 0 Å². The summed E-state index contributed by atoms with van der Waals surface area (Å²) in [6.45, 7) is 3.47. The Bertz CT molecular complexity index is 226. The van der Waals surface area contributed by atoms with Crippen molar-refractivity contribution in [2.24, 2.45) is 23.2 Å². The van der Waals surface area contributed by atoms with Gasteiger partial charge in [0.1, 0.15) is 0 Å². The minimum atomic E-state index is 0.765. The second kappa shape index (κ2) is 4.89. The third-order valence-electron chi connectivity index (χ3n) is 5.55. The monoisotopic (exact) mass is 236 g/mol. The average Bonchev–Trinajstić information content (AvgIpc) is 2.26. The first kappa shape index (κ1) is 12.0. The number of likely N-dealkylation sites (N-methyl/N-ethyl adjacent to an activating group) is 1. The quantitative estimate of drug-likeness (QED) is 0.692. The van der Waals surface area contributed by atoms with Crippen LogP contribution in [0.2, 0.25) is 0 Å². The van der Waals surface area contributed by atoms with Crippen molar-refractivity contribution in [3.63, 3.8) is 0 Å². The Balaban J connectivity index is 1.49. The number of hydrogen-bond acceptors (Lipinski definition) is 2. The molecule has 2 heteroatoms. The molecule has 17 heavy (non-hydrogen) atoms. The van der Waals surface area contributed by atoms with Gasteiger partial charge in [0, 0.05) is 13.1 Å². The van der Waals surface area contributed by atoms with Crippen molar-refractivity contribution in [1.82, 2.24) is 10.6 Å². The molecule has 0 aromatic rings. The molecule has 98 valence electrons. The lowest BCUT2D eigenvalue weighted by Crippen LogP contribution is -2.47. The fourth-order valence-electron chi connectivity index (χ4n) is 5.29. The minimum absolute atomic E-state index is 0.765. The molecule has 4 fully saturated rings. The van der Waals surface area contributed by atoms with Crippen LogP contribution in [0.5, 0.6) is 0 Å². The molecule has 0 aromatic carbocycles. The Morgan fingerprint density at radius 1 is 0.882 bits per heavy atom. The highest BCUT2D eigenvalue weighted by molar-refractivity contribution is 5.01. The van der Waals surface area contributed by atoms with Crippen LogP contribution >= 0.6 is 0 Å². The topological polar surface area (TPSA) is 24.1 Å². The van der Waals surface area contributed by atoms with Crippen LogP contribution in [0.15, 0.2) is 0 Å². The Labute approximate surface area is 106 Å². The van der Waals surface area contributed by atoms with E-state index in [9.17, 15) is 0 Å². The van der Waals surface area contributed by atoms with E-state index in [1.54, 1.807) is 38.5 Å². The lowest BCUT2D eigenvalue weighted by Gasteiger charge is -2.57. The maximum absolute atomic E-state index is 3.60. The molecule has 0 radical (unpaired) electrons. The fourth-order valence-corrected chi connectivity index (χ4v) is 5.29. The molecule has 0 atom stereocenters. The summed E-state index contributed by atoms with van der Waals surface area (Å²) in [6.07, 6.45) is 10.9. The van der Waals surface area contributed by atoms with Crippen LogP contribution in [0.1, 0.15) is 44.9 Å². The predicted molar refractivity (Wildman–Crippen MR) is 72.0 cm³/mol. The van der Waals surface area contributed by atoms with E-state index in [0.717, 1.165) is 36.3 Å². The van der Waals surface area contributed by atoms with Gasteiger partial charge in [-0.3, -0.25) is 0 Å². The number of nitrogens with one attached hydrogen (secondary N) is 2. The summed E-state index contributed by atoms with van der Waals surface area (Å²) in [5.41, 5.74) is 0.765. The normalized spacial score (nSPS) is 43.2. The average molecular weight is 236 g/mol. The second-order valence-corrected chi connectivity index (χ2v) is 7.02. The summed E-state index contributed by atoms with van der Waals surface area (Å²) in [5.74, 6) is 3.33. The van der Waals surface area contributed by atoms with E-state index in [4.69, 9.17) is 0 Å². The van der Waals surface area contributed by atoms with Crippen LogP contribution < -0.4 is 10.6 Å². The molecular formula is C15H28N2. The number of rotatable bonds is 6. The Morgan fingerprint density at radius 2 is 1.47 bits per heavy atom. The molecule has 0 unspecified atom stereocenters. The smallest absolute Gasteiger partial charge is 0.00766 e. The second-order valence-electron chi connectivity index (χ2n) is 7.02. The first-order valence-electron chi connectivity index (χ1n) is 7.65. The highest BCUT2D eigenvalue weighted by atomic mass is 14.9. The van der Waals surface area contributed by atoms with Crippen molar-refractivity contribution < 1.29 is 0 Å². The maximum Gasteiger partial charge on any atom is 0.00766 e. The van der Waals surface area contributed by atoms with Crippen molar-refractivity contribution in [2.75, 3.05) is 26.7 Å². The van der Waals surface area contributed by atoms with Crippen molar-refractivity contribution in [3.05, 3.63) is 0 Å². The molecule has 0 aromatic heterocycles. The zero-order chi connectivity index (χ0) is 11.7. The molecular weight excluding hydrogens is 208 g/mol. The summed E-state index contributed by atoms with van der Waals surface area (Å²) in [5, 5.41) is 6.80. The molecule has 0 heterocycles. The lowest BCUT2D eigenvalue weighted by atomic mass is 9.49. The molecule has 2 N–H and O–H groups in total. The molecule has 4 aliphatic carbocycles. The molecule has 4 aliphatic rings. The molecule has 4 bridgehead atoms. The van der Waals surface area contributed by atoms with E-state index in [2.05, 4.69) is 10.6 Å². The Hall–Kier alpha value is -0.0800. The van der Waals surface area contributed by atoms with E-state index >= 15 is 0 Å². The molecule has 0 saturated heterocycles. The van der Waals surface area contributed by atoms with Gasteiger partial charge >= 0.3 is 0 Å². The van der Waals surface area contributed by atoms with E-state index in [-0.39, 0.29) is 0 Å². The molecule has 4 rings (SSSR count). The zero-order valence-corrected chi connectivity index (χ0v) is 11.3. The van der Waals surface area contributed by atoms with Gasteiger partial charge in [0.2, 0.25) is 0 Å². The molecule has 4 saturated carbocycles. The van der Waals surface area contributed by atoms with E-state index in [1.807, 2.05) is 7.05 Å². The fraction of sp³-hybridized carbons (Fsp3) is 1.00. The van der Waals surface area contributed by atoms with Gasteiger partial charge in [-0.1, -0.05) is 0 Å².